The number of rotatable bonds is 0. The maximum atomic E-state index is 5.87. The first-order chi connectivity index (χ1) is 6.95. The lowest BCUT2D eigenvalue weighted by Crippen LogP contribution is -2.42. The Bertz CT molecular complexity index is 337. The molecule has 2 heteroatoms. The molecule has 1 saturated heterocycles. The summed E-state index contributed by atoms with van der Waals surface area (Å²) in [7, 11) is 0. The summed E-state index contributed by atoms with van der Waals surface area (Å²) in [5.74, 6) is 0.577. The summed E-state index contributed by atoms with van der Waals surface area (Å²) in [4.78, 5) is 0. The summed E-state index contributed by atoms with van der Waals surface area (Å²) >= 11 is 0. The van der Waals surface area contributed by atoms with E-state index in [4.69, 9.17) is 4.74 Å². The lowest BCUT2D eigenvalue weighted by Gasteiger charge is -2.37. The van der Waals surface area contributed by atoms with E-state index in [2.05, 4.69) is 29.6 Å². The Balaban J connectivity index is 1.99. The van der Waals surface area contributed by atoms with E-state index >= 15 is 0 Å². The van der Waals surface area contributed by atoms with Crippen molar-refractivity contribution in [3.8, 4) is 0 Å². The molecule has 14 heavy (non-hydrogen) atoms. The summed E-state index contributed by atoms with van der Waals surface area (Å²) in [6.07, 6.45) is 1.60. The van der Waals surface area contributed by atoms with Crippen molar-refractivity contribution in [1.82, 2.24) is 5.32 Å². The highest BCUT2D eigenvalue weighted by atomic mass is 16.5. The van der Waals surface area contributed by atoms with Crippen molar-refractivity contribution in [3.05, 3.63) is 35.4 Å². The highest BCUT2D eigenvalue weighted by Crippen LogP contribution is 2.33. The van der Waals surface area contributed by atoms with Gasteiger partial charge in [-0.2, -0.15) is 0 Å². The molecule has 2 atom stereocenters. The number of nitrogens with one attached hydrogen (secondary N) is 1. The molecule has 0 bridgehead atoms. The standard InChI is InChI=1S/C12H15NO/c1-2-4-10-9(3-1)8-14-12-5-6-13-7-11(10)12/h1-4,11-13H,5-8H2/t11-,12+/m0/s1. The predicted octanol–water partition coefficient (Wildman–Crippen LogP) is 1.66. The molecule has 0 aromatic heterocycles. The molecule has 74 valence electrons. The predicted molar refractivity (Wildman–Crippen MR) is 55.2 cm³/mol. The van der Waals surface area contributed by atoms with E-state index in [1.807, 2.05) is 0 Å². The van der Waals surface area contributed by atoms with Gasteiger partial charge < -0.3 is 10.1 Å². The minimum absolute atomic E-state index is 0.450. The molecule has 2 aliphatic heterocycles. The topological polar surface area (TPSA) is 21.3 Å². The van der Waals surface area contributed by atoms with Crippen LogP contribution in [-0.4, -0.2) is 19.2 Å². The lowest BCUT2D eigenvalue weighted by molar-refractivity contribution is -0.00680. The molecular weight excluding hydrogens is 174 g/mol. The van der Waals surface area contributed by atoms with Crippen LogP contribution in [0.5, 0.6) is 0 Å². The van der Waals surface area contributed by atoms with Gasteiger partial charge in [0.25, 0.3) is 0 Å². The van der Waals surface area contributed by atoms with Gasteiger partial charge >= 0.3 is 0 Å². The molecule has 2 aliphatic rings. The van der Waals surface area contributed by atoms with Crippen LogP contribution in [0.1, 0.15) is 23.5 Å². The molecule has 2 heterocycles. The fourth-order valence-corrected chi connectivity index (χ4v) is 2.57. The first-order valence-electron chi connectivity index (χ1n) is 5.35. The zero-order chi connectivity index (χ0) is 9.38. The van der Waals surface area contributed by atoms with E-state index in [0.29, 0.717) is 12.0 Å². The molecule has 2 nitrogen and oxygen atoms in total. The van der Waals surface area contributed by atoms with Crippen LogP contribution in [0.3, 0.4) is 0 Å². The monoisotopic (exact) mass is 189 g/mol. The SMILES string of the molecule is c1ccc2c(c1)CO[C@@H]1CCNC[C@@H]21. The average molecular weight is 189 g/mol. The van der Waals surface area contributed by atoms with Gasteiger partial charge in [-0.05, 0) is 24.1 Å². The van der Waals surface area contributed by atoms with Crippen molar-refractivity contribution >= 4 is 0 Å². The zero-order valence-electron chi connectivity index (χ0n) is 8.20. The van der Waals surface area contributed by atoms with Crippen molar-refractivity contribution in [2.45, 2.75) is 25.0 Å². The Labute approximate surface area is 84.3 Å². The first kappa shape index (κ1) is 8.45. The number of ether oxygens (including phenoxy) is 1. The molecule has 0 saturated carbocycles. The number of piperidine rings is 1. The van der Waals surface area contributed by atoms with Gasteiger partial charge in [0.15, 0.2) is 0 Å². The van der Waals surface area contributed by atoms with Gasteiger partial charge in [0.1, 0.15) is 0 Å². The van der Waals surface area contributed by atoms with Gasteiger partial charge in [-0.15, -0.1) is 0 Å². The maximum Gasteiger partial charge on any atom is 0.0723 e. The molecule has 1 fully saturated rings. The van der Waals surface area contributed by atoms with E-state index in [0.717, 1.165) is 26.1 Å². The minimum atomic E-state index is 0.450. The van der Waals surface area contributed by atoms with E-state index in [-0.39, 0.29) is 0 Å². The number of hydrogen-bond donors (Lipinski definition) is 1. The third-order valence-corrected chi connectivity index (χ3v) is 3.33. The summed E-state index contributed by atoms with van der Waals surface area (Å²) in [5.41, 5.74) is 2.87. The quantitative estimate of drug-likeness (QED) is 0.670. The van der Waals surface area contributed by atoms with E-state index < -0.39 is 0 Å². The highest BCUT2D eigenvalue weighted by molar-refractivity contribution is 5.33. The van der Waals surface area contributed by atoms with Crippen molar-refractivity contribution in [2.24, 2.45) is 0 Å². The summed E-state index contributed by atoms with van der Waals surface area (Å²) < 4.78 is 5.87. The van der Waals surface area contributed by atoms with Crippen molar-refractivity contribution in [1.29, 1.82) is 0 Å². The molecule has 0 radical (unpaired) electrons. The lowest BCUT2D eigenvalue weighted by atomic mass is 9.84. The maximum absolute atomic E-state index is 5.87. The number of fused-ring (bicyclic) bond motifs is 3. The Hall–Kier alpha value is -0.860. The van der Waals surface area contributed by atoms with E-state index in [1.165, 1.54) is 11.1 Å². The van der Waals surface area contributed by atoms with Gasteiger partial charge in [-0.1, -0.05) is 24.3 Å². The first-order valence-corrected chi connectivity index (χ1v) is 5.35. The summed E-state index contributed by atoms with van der Waals surface area (Å²) in [5, 5.41) is 3.44. The molecule has 3 rings (SSSR count). The second-order valence-electron chi connectivity index (χ2n) is 4.15. The smallest absolute Gasteiger partial charge is 0.0723 e. The van der Waals surface area contributed by atoms with Crippen LogP contribution in [0, 0.1) is 0 Å². The Kier molecular flexibility index (Phi) is 2.03. The van der Waals surface area contributed by atoms with Gasteiger partial charge in [0, 0.05) is 12.5 Å². The molecule has 0 amide bonds. The molecule has 0 unspecified atom stereocenters. The van der Waals surface area contributed by atoms with Crippen LogP contribution in [-0.2, 0) is 11.3 Å². The normalized spacial score (nSPS) is 30.6. The third-order valence-electron chi connectivity index (χ3n) is 3.33. The van der Waals surface area contributed by atoms with Gasteiger partial charge in [0.05, 0.1) is 12.7 Å². The van der Waals surface area contributed by atoms with Gasteiger partial charge in [0.2, 0.25) is 0 Å². The zero-order valence-corrected chi connectivity index (χ0v) is 8.20. The number of benzene rings is 1. The van der Waals surface area contributed by atoms with Crippen molar-refractivity contribution < 1.29 is 4.74 Å². The molecule has 1 aromatic rings. The van der Waals surface area contributed by atoms with Crippen LogP contribution < -0.4 is 5.32 Å². The summed E-state index contributed by atoms with van der Waals surface area (Å²) in [6.45, 7) is 2.97. The Morgan fingerprint density at radius 1 is 1.29 bits per heavy atom. The fourth-order valence-electron chi connectivity index (χ4n) is 2.57. The largest absolute Gasteiger partial charge is 0.373 e. The minimum Gasteiger partial charge on any atom is -0.373 e. The Morgan fingerprint density at radius 2 is 2.21 bits per heavy atom. The van der Waals surface area contributed by atoms with Crippen LogP contribution in [0.15, 0.2) is 24.3 Å². The molecule has 0 spiro atoms. The Morgan fingerprint density at radius 3 is 3.21 bits per heavy atom. The molecule has 1 aromatic carbocycles. The second kappa shape index (κ2) is 3.37. The molecule has 0 aliphatic carbocycles. The van der Waals surface area contributed by atoms with Gasteiger partial charge in [-0.25, -0.2) is 0 Å². The second-order valence-corrected chi connectivity index (χ2v) is 4.15. The van der Waals surface area contributed by atoms with Crippen molar-refractivity contribution in [3.63, 3.8) is 0 Å². The highest BCUT2D eigenvalue weighted by Gasteiger charge is 2.31. The molecular formula is C12H15NO. The number of hydrogen-bond acceptors (Lipinski definition) is 2. The van der Waals surface area contributed by atoms with Crippen LogP contribution >= 0.6 is 0 Å². The average Bonchev–Trinajstić information content (AvgIpc) is 2.29. The van der Waals surface area contributed by atoms with Gasteiger partial charge in [-0.3, -0.25) is 0 Å². The molecule has 1 N–H and O–H groups in total. The van der Waals surface area contributed by atoms with E-state index in [1.54, 1.807) is 0 Å². The third kappa shape index (κ3) is 1.26. The van der Waals surface area contributed by atoms with Crippen LogP contribution in [0.4, 0.5) is 0 Å². The van der Waals surface area contributed by atoms with E-state index in [9.17, 15) is 0 Å². The summed E-state index contributed by atoms with van der Waals surface area (Å²) in [6, 6.07) is 8.66. The fraction of sp³-hybridized carbons (Fsp3) is 0.500. The van der Waals surface area contributed by atoms with Crippen molar-refractivity contribution in [2.75, 3.05) is 13.1 Å². The van der Waals surface area contributed by atoms with Crippen LogP contribution in [0.2, 0.25) is 0 Å². The van der Waals surface area contributed by atoms with Crippen LogP contribution in [0.25, 0.3) is 0 Å².